The van der Waals surface area contributed by atoms with Crippen LogP contribution < -0.4 is 0 Å². The van der Waals surface area contributed by atoms with Gasteiger partial charge in [-0.15, -0.1) is 11.8 Å². The van der Waals surface area contributed by atoms with Crippen LogP contribution in [0.1, 0.15) is 13.3 Å². The number of rotatable bonds is 2. The fourth-order valence-corrected chi connectivity index (χ4v) is 5.08. The smallest absolute Gasteiger partial charge is 0.162 e. The highest BCUT2D eigenvalue weighted by atomic mass is 32.3. The first-order valence-corrected chi connectivity index (χ1v) is 6.85. The van der Waals surface area contributed by atoms with E-state index in [1.165, 1.54) is 11.8 Å². The molecule has 0 saturated carbocycles. The van der Waals surface area contributed by atoms with E-state index in [0.717, 1.165) is 5.75 Å². The first kappa shape index (κ1) is 9.74. The van der Waals surface area contributed by atoms with Crippen molar-refractivity contribution < 1.29 is 8.42 Å². The summed E-state index contributed by atoms with van der Waals surface area (Å²) in [6.07, 6.45) is 0.712. The Morgan fingerprint density at radius 3 is 2.64 bits per heavy atom. The molecule has 2 nitrogen and oxygen atoms in total. The first-order chi connectivity index (χ1) is 5.06. The van der Waals surface area contributed by atoms with Crippen molar-refractivity contribution in [2.75, 3.05) is 11.5 Å². The Bertz CT molecular complexity index is 222. The normalized spacial score (nSPS) is 32.5. The minimum absolute atomic E-state index is 0.185. The van der Waals surface area contributed by atoms with Gasteiger partial charge in [0.05, 0.1) is 0 Å². The minimum atomic E-state index is -2.82. The molecule has 0 aliphatic carbocycles. The average molecular weight is 212 g/mol. The van der Waals surface area contributed by atoms with Crippen molar-refractivity contribution >= 4 is 34.2 Å². The van der Waals surface area contributed by atoms with Crippen LogP contribution in [0.2, 0.25) is 0 Å². The summed E-state index contributed by atoms with van der Waals surface area (Å²) in [6.45, 7) is 1.70. The van der Waals surface area contributed by atoms with Crippen molar-refractivity contribution in [2.24, 2.45) is 0 Å². The van der Waals surface area contributed by atoms with Crippen LogP contribution in [0.4, 0.5) is 0 Å². The van der Waals surface area contributed by atoms with Crippen LogP contribution >= 0.6 is 24.4 Å². The van der Waals surface area contributed by atoms with Gasteiger partial charge in [-0.25, -0.2) is 8.42 Å². The van der Waals surface area contributed by atoms with Gasteiger partial charge in [-0.05, 0) is 6.42 Å². The number of sulfone groups is 1. The molecule has 2 unspecified atom stereocenters. The summed E-state index contributed by atoms with van der Waals surface area (Å²) in [5.41, 5.74) is 0. The Morgan fingerprint density at radius 2 is 2.27 bits per heavy atom. The van der Waals surface area contributed by atoms with Crippen LogP contribution in [0.25, 0.3) is 0 Å². The molecular formula is C6H12O2S3. The molecule has 11 heavy (non-hydrogen) atoms. The fraction of sp³-hybridized carbons (Fsp3) is 1.00. The molecule has 1 rings (SSSR count). The lowest BCUT2D eigenvalue weighted by atomic mass is 10.4. The SMILES string of the molecule is CCS(=O)(=O)C1CC(S)CS1. The molecule has 0 bridgehead atoms. The Balaban J connectivity index is 2.64. The third-order valence-electron chi connectivity index (χ3n) is 1.74. The zero-order valence-electron chi connectivity index (χ0n) is 6.36. The Labute approximate surface area is 77.5 Å². The van der Waals surface area contributed by atoms with Gasteiger partial charge >= 0.3 is 0 Å². The van der Waals surface area contributed by atoms with Gasteiger partial charge in [0.1, 0.15) is 4.58 Å². The summed E-state index contributed by atoms with van der Waals surface area (Å²) in [6, 6.07) is 0. The highest BCUT2D eigenvalue weighted by Crippen LogP contribution is 2.33. The summed E-state index contributed by atoms with van der Waals surface area (Å²) in [5.74, 6) is 1.12. The molecular weight excluding hydrogens is 200 g/mol. The quantitative estimate of drug-likeness (QED) is 0.698. The lowest BCUT2D eigenvalue weighted by molar-refractivity contribution is 0.592. The third-order valence-corrected chi connectivity index (χ3v) is 6.63. The van der Waals surface area contributed by atoms with E-state index in [0.29, 0.717) is 6.42 Å². The van der Waals surface area contributed by atoms with E-state index < -0.39 is 9.84 Å². The molecule has 0 amide bonds. The van der Waals surface area contributed by atoms with Gasteiger partial charge in [-0.3, -0.25) is 0 Å². The zero-order valence-corrected chi connectivity index (χ0v) is 8.88. The molecule has 1 fully saturated rings. The molecule has 1 aliphatic heterocycles. The van der Waals surface area contributed by atoms with Gasteiger partial charge in [-0.1, -0.05) is 6.92 Å². The number of thiol groups is 1. The van der Waals surface area contributed by atoms with Gasteiger partial charge in [-0.2, -0.15) is 12.6 Å². The molecule has 0 spiro atoms. The third kappa shape index (κ3) is 2.29. The van der Waals surface area contributed by atoms with Crippen molar-refractivity contribution in [1.82, 2.24) is 0 Å². The Hall–Kier alpha value is 0.650. The van der Waals surface area contributed by atoms with Gasteiger partial charge in [0.25, 0.3) is 0 Å². The van der Waals surface area contributed by atoms with Gasteiger partial charge in [0, 0.05) is 16.8 Å². The van der Waals surface area contributed by atoms with E-state index in [1.54, 1.807) is 6.92 Å². The van der Waals surface area contributed by atoms with Crippen LogP contribution in [-0.2, 0) is 9.84 Å². The van der Waals surface area contributed by atoms with Crippen molar-refractivity contribution in [3.05, 3.63) is 0 Å². The van der Waals surface area contributed by atoms with Crippen molar-refractivity contribution in [3.63, 3.8) is 0 Å². The van der Waals surface area contributed by atoms with Crippen molar-refractivity contribution in [3.8, 4) is 0 Å². The maximum atomic E-state index is 11.3. The standard InChI is InChI=1S/C6H12O2S3/c1-2-11(7,8)6-3-5(9)4-10-6/h5-6,9H,2-4H2,1H3. The molecule has 0 radical (unpaired) electrons. The van der Waals surface area contributed by atoms with Crippen LogP contribution in [-0.4, -0.2) is 29.8 Å². The largest absolute Gasteiger partial charge is 0.228 e. The Morgan fingerprint density at radius 1 is 1.64 bits per heavy atom. The van der Waals surface area contributed by atoms with E-state index in [4.69, 9.17) is 0 Å². The summed E-state index contributed by atoms with van der Waals surface area (Å²) < 4.78 is 22.4. The molecule has 0 aromatic heterocycles. The number of thioether (sulfide) groups is 1. The molecule has 1 heterocycles. The van der Waals surface area contributed by atoms with Crippen LogP contribution in [0.5, 0.6) is 0 Å². The average Bonchev–Trinajstić information content (AvgIpc) is 2.36. The molecule has 1 aliphatic rings. The van der Waals surface area contributed by atoms with Crippen LogP contribution in [0.15, 0.2) is 0 Å². The van der Waals surface area contributed by atoms with Gasteiger partial charge in [0.15, 0.2) is 9.84 Å². The van der Waals surface area contributed by atoms with E-state index in [1.807, 2.05) is 0 Å². The monoisotopic (exact) mass is 212 g/mol. The minimum Gasteiger partial charge on any atom is -0.228 e. The summed E-state index contributed by atoms with van der Waals surface area (Å²) in [5, 5.41) is 0.270. The molecule has 0 aromatic rings. The second-order valence-corrected chi connectivity index (χ2v) is 7.34. The maximum Gasteiger partial charge on any atom is 0.162 e. The summed E-state index contributed by atoms with van der Waals surface area (Å²) in [7, 11) is -2.82. The van der Waals surface area contributed by atoms with E-state index in [9.17, 15) is 8.42 Å². The first-order valence-electron chi connectivity index (χ1n) is 3.57. The molecule has 0 N–H and O–H groups in total. The highest BCUT2D eigenvalue weighted by molar-refractivity contribution is 8.14. The summed E-state index contributed by atoms with van der Waals surface area (Å²) in [4.78, 5) is 0. The number of hydrogen-bond acceptors (Lipinski definition) is 4. The van der Waals surface area contributed by atoms with Crippen molar-refractivity contribution in [1.29, 1.82) is 0 Å². The predicted octanol–water partition coefficient (Wildman–Crippen LogP) is 1.18. The van der Waals surface area contributed by atoms with Gasteiger partial charge in [0.2, 0.25) is 0 Å². The van der Waals surface area contributed by atoms with E-state index >= 15 is 0 Å². The maximum absolute atomic E-state index is 11.3. The van der Waals surface area contributed by atoms with E-state index in [-0.39, 0.29) is 15.6 Å². The molecule has 2 atom stereocenters. The lowest BCUT2D eigenvalue weighted by Crippen LogP contribution is -2.17. The highest BCUT2D eigenvalue weighted by Gasteiger charge is 2.31. The number of hydrogen-bond donors (Lipinski definition) is 1. The zero-order chi connectivity index (χ0) is 8.48. The topological polar surface area (TPSA) is 34.1 Å². The van der Waals surface area contributed by atoms with E-state index in [2.05, 4.69) is 12.6 Å². The van der Waals surface area contributed by atoms with Gasteiger partial charge < -0.3 is 0 Å². The molecule has 66 valence electrons. The second kappa shape index (κ2) is 3.58. The van der Waals surface area contributed by atoms with Crippen LogP contribution in [0.3, 0.4) is 0 Å². The predicted molar refractivity (Wildman–Crippen MR) is 53.1 cm³/mol. The second-order valence-electron chi connectivity index (χ2n) is 2.60. The summed E-state index contributed by atoms with van der Waals surface area (Å²) >= 11 is 5.75. The Kier molecular flexibility index (Phi) is 3.17. The van der Waals surface area contributed by atoms with Crippen molar-refractivity contribution in [2.45, 2.75) is 23.2 Å². The van der Waals surface area contributed by atoms with Crippen LogP contribution in [0, 0.1) is 0 Å². The molecule has 1 saturated heterocycles. The molecule has 0 aromatic carbocycles. The fourth-order valence-electron chi connectivity index (χ4n) is 1.01. The lowest BCUT2D eigenvalue weighted by Gasteiger charge is -2.07. The molecule has 5 heteroatoms.